The van der Waals surface area contributed by atoms with Crippen molar-refractivity contribution in [1.82, 2.24) is 15.0 Å². The van der Waals surface area contributed by atoms with Crippen LogP contribution in [0.2, 0.25) is 0 Å². The topological polar surface area (TPSA) is 38.7 Å². The summed E-state index contributed by atoms with van der Waals surface area (Å²) in [5.74, 6) is 0.691. The summed E-state index contributed by atoms with van der Waals surface area (Å²) < 4.78 is 0. The molecule has 0 radical (unpaired) electrons. The maximum atomic E-state index is 5.25. The molecule has 0 saturated heterocycles. The van der Waals surface area contributed by atoms with Gasteiger partial charge in [0.05, 0.1) is 16.8 Å². The number of rotatable bonds is 8. The SMILES string of the molecule is c1ccc(-c2nc(-c3ccc(-c4cccnc4)cc3)cc(-c3ccc(-c4cccc(-c5ccc6c(c5)C(c5ccccc5)(c5ccccc5)c5ccccc5-6)c4)c4ccccc34)n2)cc1. The Kier molecular flexibility index (Phi) is 9.39. The molecular formula is C62H41N3. The van der Waals surface area contributed by atoms with E-state index in [0.717, 1.165) is 50.2 Å². The van der Waals surface area contributed by atoms with Crippen LogP contribution in [0.1, 0.15) is 22.3 Å². The molecule has 304 valence electrons. The highest BCUT2D eigenvalue weighted by atomic mass is 14.9. The molecule has 11 aromatic rings. The first-order valence-corrected chi connectivity index (χ1v) is 22.2. The molecule has 0 amide bonds. The fourth-order valence-corrected chi connectivity index (χ4v) is 10.1. The van der Waals surface area contributed by atoms with Crippen molar-refractivity contribution in [3.63, 3.8) is 0 Å². The van der Waals surface area contributed by atoms with Crippen LogP contribution >= 0.6 is 0 Å². The zero-order valence-corrected chi connectivity index (χ0v) is 35.5. The average Bonchev–Trinajstić information content (AvgIpc) is 3.69. The molecule has 12 rings (SSSR count). The van der Waals surface area contributed by atoms with Gasteiger partial charge in [-0.15, -0.1) is 0 Å². The van der Waals surface area contributed by atoms with Crippen LogP contribution in [0.4, 0.5) is 0 Å². The number of benzene rings is 9. The van der Waals surface area contributed by atoms with Gasteiger partial charge in [0, 0.05) is 29.1 Å². The number of hydrogen-bond acceptors (Lipinski definition) is 3. The normalized spacial score (nSPS) is 12.4. The largest absolute Gasteiger partial charge is 0.264 e. The van der Waals surface area contributed by atoms with Crippen molar-refractivity contribution in [3.05, 3.63) is 271 Å². The molecule has 0 fully saturated rings. The maximum absolute atomic E-state index is 5.25. The third-order valence-corrected chi connectivity index (χ3v) is 13.1. The second kappa shape index (κ2) is 16.0. The van der Waals surface area contributed by atoms with Gasteiger partial charge >= 0.3 is 0 Å². The number of nitrogens with zero attached hydrogens (tertiary/aromatic N) is 3. The third kappa shape index (κ3) is 6.56. The molecule has 1 aliphatic carbocycles. The van der Waals surface area contributed by atoms with Crippen LogP contribution in [0.15, 0.2) is 249 Å². The van der Waals surface area contributed by atoms with Gasteiger partial charge in [0.1, 0.15) is 0 Å². The highest BCUT2D eigenvalue weighted by Crippen LogP contribution is 2.56. The van der Waals surface area contributed by atoms with Gasteiger partial charge in [0.15, 0.2) is 5.82 Å². The average molecular weight is 828 g/mol. The molecule has 2 heterocycles. The van der Waals surface area contributed by atoms with Crippen molar-refractivity contribution < 1.29 is 0 Å². The zero-order chi connectivity index (χ0) is 43.2. The second-order valence-corrected chi connectivity index (χ2v) is 16.7. The first kappa shape index (κ1) is 38.2. The molecule has 0 saturated carbocycles. The van der Waals surface area contributed by atoms with Gasteiger partial charge in [0.25, 0.3) is 0 Å². The van der Waals surface area contributed by atoms with Gasteiger partial charge < -0.3 is 0 Å². The van der Waals surface area contributed by atoms with Crippen LogP contribution in [-0.4, -0.2) is 15.0 Å². The molecule has 65 heavy (non-hydrogen) atoms. The number of fused-ring (bicyclic) bond motifs is 4. The Morgan fingerprint density at radius 1 is 0.292 bits per heavy atom. The van der Waals surface area contributed by atoms with Crippen LogP contribution < -0.4 is 0 Å². The van der Waals surface area contributed by atoms with Crippen LogP contribution in [0.3, 0.4) is 0 Å². The first-order chi connectivity index (χ1) is 32.2. The standard InChI is InChI=1S/C62H41N3/c1-4-16-44(17-5-1)61-64-59(43-31-29-42(30-32-43)48-20-15-37-63-41-48)40-60(65-61)56-36-35-51(52-25-10-11-26-53(52)56)47-19-14-18-45(38-47)46-33-34-55-54-27-12-13-28-57(54)62(58(55)39-46,49-21-6-2-7-22-49)50-23-8-3-9-24-50/h1-41H. The highest BCUT2D eigenvalue weighted by molar-refractivity contribution is 6.05. The van der Waals surface area contributed by atoms with Gasteiger partial charge in [-0.05, 0) is 102 Å². The molecular weight excluding hydrogens is 787 g/mol. The second-order valence-electron chi connectivity index (χ2n) is 16.7. The molecule has 2 aromatic heterocycles. The Hall–Kier alpha value is -8.53. The lowest BCUT2D eigenvalue weighted by molar-refractivity contribution is 0.769. The zero-order valence-electron chi connectivity index (χ0n) is 35.5. The van der Waals surface area contributed by atoms with Crippen molar-refractivity contribution in [2.24, 2.45) is 0 Å². The van der Waals surface area contributed by atoms with E-state index in [2.05, 4.69) is 217 Å². The van der Waals surface area contributed by atoms with E-state index in [0.29, 0.717) is 5.82 Å². The predicted octanol–water partition coefficient (Wildman–Crippen LogP) is 15.4. The summed E-state index contributed by atoms with van der Waals surface area (Å²) in [6, 6.07) is 85.3. The minimum Gasteiger partial charge on any atom is -0.264 e. The maximum Gasteiger partial charge on any atom is 0.160 e. The van der Waals surface area contributed by atoms with E-state index >= 15 is 0 Å². The van der Waals surface area contributed by atoms with Crippen LogP contribution in [0.5, 0.6) is 0 Å². The van der Waals surface area contributed by atoms with Crippen LogP contribution in [-0.2, 0) is 5.41 Å². The lowest BCUT2D eigenvalue weighted by Gasteiger charge is -2.34. The number of hydrogen-bond donors (Lipinski definition) is 0. The fraction of sp³-hybridized carbons (Fsp3) is 0.0161. The van der Waals surface area contributed by atoms with Crippen molar-refractivity contribution >= 4 is 10.8 Å². The van der Waals surface area contributed by atoms with Crippen molar-refractivity contribution in [1.29, 1.82) is 0 Å². The Morgan fingerprint density at radius 3 is 1.57 bits per heavy atom. The fourth-order valence-electron chi connectivity index (χ4n) is 10.1. The molecule has 0 spiro atoms. The number of aromatic nitrogens is 3. The summed E-state index contributed by atoms with van der Waals surface area (Å²) in [5.41, 5.74) is 18.9. The Morgan fingerprint density at radius 2 is 0.831 bits per heavy atom. The number of pyridine rings is 1. The molecule has 3 heteroatoms. The van der Waals surface area contributed by atoms with E-state index < -0.39 is 5.41 Å². The molecule has 9 aromatic carbocycles. The van der Waals surface area contributed by atoms with Crippen molar-refractivity contribution in [2.45, 2.75) is 5.41 Å². The summed E-state index contributed by atoms with van der Waals surface area (Å²) in [6.07, 6.45) is 3.69. The first-order valence-electron chi connectivity index (χ1n) is 22.2. The monoisotopic (exact) mass is 827 g/mol. The molecule has 0 bridgehead atoms. The van der Waals surface area contributed by atoms with Gasteiger partial charge in [-0.25, -0.2) is 9.97 Å². The minimum atomic E-state index is -0.460. The molecule has 0 unspecified atom stereocenters. The van der Waals surface area contributed by atoms with Gasteiger partial charge in [-0.1, -0.05) is 212 Å². The molecule has 0 atom stereocenters. The van der Waals surface area contributed by atoms with E-state index in [1.165, 1.54) is 55.5 Å². The van der Waals surface area contributed by atoms with Gasteiger partial charge in [0.2, 0.25) is 0 Å². The van der Waals surface area contributed by atoms with Crippen molar-refractivity contribution in [2.75, 3.05) is 0 Å². The smallest absolute Gasteiger partial charge is 0.160 e. The van der Waals surface area contributed by atoms with E-state index in [1.54, 1.807) is 6.20 Å². The lowest BCUT2D eigenvalue weighted by atomic mass is 9.67. The third-order valence-electron chi connectivity index (χ3n) is 13.1. The Labute approximate surface area is 379 Å². The molecule has 1 aliphatic rings. The van der Waals surface area contributed by atoms with Crippen molar-refractivity contribution in [3.8, 4) is 78.4 Å². The van der Waals surface area contributed by atoms with Gasteiger partial charge in [-0.2, -0.15) is 0 Å². The molecule has 3 nitrogen and oxygen atoms in total. The molecule has 0 aliphatic heterocycles. The van der Waals surface area contributed by atoms with Crippen LogP contribution in [0, 0.1) is 0 Å². The van der Waals surface area contributed by atoms with Crippen LogP contribution in [0.25, 0.3) is 89.2 Å². The van der Waals surface area contributed by atoms with E-state index in [4.69, 9.17) is 9.97 Å². The van der Waals surface area contributed by atoms with E-state index in [-0.39, 0.29) is 0 Å². The summed E-state index contributed by atoms with van der Waals surface area (Å²) in [6.45, 7) is 0. The Balaban J connectivity index is 0.969. The molecule has 0 N–H and O–H groups in total. The Bertz CT molecular complexity index is 3470. The predicted molar refractivity (Wildman–Crippen MR) is 267 cm³/mol. The summed E-state index contributed by atoms with van der Waals surface area (Å²) >= 11 is 0. The summed E-state index contributed by atoms with van der Waals surface area (Å²) in [4.78, 5) is 14.7. The van der Waals surface area contributed by atoms with E-state index in [1.807, 2.05) is 30.5 Å². The summed E-state index contributed by atoms with van der Waals surface area (Å²) in [5, 5.41) is 2.30. The lowest BCUT2D eigenvalue weighted by Crippen LogP contribution is -2.28. The summed E-state index contributed by atoms with van der Waals surface area (Å²) in [7, 11) is 0. The highest BCUT2D eigenvalue weighted by Gasteiger charge is 2.46. The minimum absolute atomic E-state index is 0.460. The van der Waals surface area contributed by atoms with E-state index in [9.17, 15) is 0 Å². The quantitative estimate of drug-likeness (QED) is 0.153. The van der Waals surface area contributed by atoms with Gasteiger partial charge in [-0.3, -0.25) is 4.98 Å².